The zero-order valence-corrected chi connectivity index (χ0v) is 15.0. The van der Waals surface area contributed by atoms with E-state index in [0.717, 1.165) is 16.3 Å². The van der Waals surface area contributed by atoms with E-state index in [0.29, 0.717) is 17.3 Å². The monoisotopic (exact) mass is 353 g/mol. The average Bonchev–Trinajstić information content (AvgIpc) is 2.62. The first-order valence-electron chi connectivity index (χ1n) is 8.10. The summed E-state index contributed by atoms with van der Waals surface area (Å²) in [7, 11) is 3.94. The first kappa shape index (κ1) is 17.4. The van der Waals surface area contributed by atoms with Crippen molar-refractivity contribution < 1.29 is 4.79 Å². The Morgan fingerprint density at radius 3 is 2.60 bits per heavy atom. The lowest BCUT2D eigenvalue weighted by Crippen LogP contribution is -2.35. The highest BCUT2D eigenvalue weighted by atomic mass is 35.5. The largest absolute Gasteiger partial charge is 0.349 e. The third kappa shape index (κ3) is 3.81. The Balaban J connectivity index is 1.81. The van der Waals surface area contributed by atoms with Gasteiger partial charge in [-0.05, 0) is 37.2 Å². The number of halogens is 1. The van der Waals surface area contributed by atoms with Crippen LogP contribution in [0.4, 0.5) is 0 Å². The topological polar surface area (TPSA) is 45.2 Å². The lowest BCUT2D eigenvalue weighted by molar-refractivity contribution is 0.0939. The van der Waals surface area contributed by atoms with Crippen LogP contribution in [0.25, 0.3) is 10.8 Å². The van der Waals surface area contributed by atoms with E-state index in [9.17, 15) is 4.79 Å². The van der Waals surface area contributed by atoms with Crippen molar-refractivity contribution in [1.29, 1.82) is 0 Å². The number of nitrogens with one attached hydrogen (secondary N) is 1. The minimum Gasteiger partial charge on any atom is -0.349 e. The van der Waals surface area contributed by atoms with Crippen molar-refractivity contribution in [2.75, 3.05) is 20.6 Å². The van der Waals surface area contributed by atoms with Gasteiger partial charge in [0.05, 0.1) is 6.04 Å². The van der Waals surface area contributed by atoms with Crippen molar-refractivity contribution in [2.45, 2.75) is 6.04 Å². The molecule has 1 aromatic heterocycles. The van der Waals surface area contributed by atoms with Gasteiger partial charge in [-0.15, -0.1) is 0 Å². The van der Waals surface area contributed by atoms with Crippen molar-refractivity contribution >= 4 is 28.3 Å². The van der Waals surface area contributed by atoms with Crippen LogP contribution in [0.1, 0.15) is 22.1 Å². The molecule has 0 aliphatic rings. The van der Waals surface area contributed by atoms with Crippen molar-refractivity contribution in [3.8, 4) is 0 Å². The second-order valence-electron chi connectivity index (χ2n) is 6.09. The number of carbonyl (C=O) groups is 1. The number of pyridine rings is 1. The molecule has 0 fully saturated rings. The number of nitrogens with zero attached hydrogens (tertiary/aromatic N) is 2. The number of aromatic nitrogens is 1. The highest BCUT2D eigenvalue weighted by molar-refractivity contribution is 6.31. The quantitative estimate of drug-likeness (QED) is 0.756. The average molecular weight is 354 g/mol. The number of hydrogen-bond acceptors (Lipinski definition) is 3. The second-order valence-corrected chi connectivity index (χ2v) is 6.50. The van der Waals surface area contributed by atoms with E-state index in [1.807, 2.05) is 73.6 Å². The summed E-state index contributed by atoms with van der Waals surface area (Å²) in [4.78, 5) is 19.0. The zero-order chi connectivity index (χ0) is 17.8. The maximum atomic E-state index is 12.7. The van der Waals surface area contributed by atoms with Crippen LogP contribution in [-0.4, -0.2) is 36.4 Å². The molecular weight excluding hydrogens is 334 g/mol. The number of benzene rings is 2. The van der Waals surface area contributed by atoms with Crippen LogP contribution >= 0.6 is 11.6 Å². The van der Waals surface area contributed by atoms with Gasteiger partial charge in [-0.3, -0.25) is 9.78 Å². The summed E-state index contributed by atoms with van der Waals surface area (Å²) in [5.41, 5.74) is 1.43. The van der Waals surface area contributed by atoms with Crippen LogP contribution in [-0.2, 0) is 0 Å². The Hall–Kier alpha value is -2.43. The Morgan fingerprint density at radius 1 is 1.12 bits per heavy atom. The molecule has 0 unspecified atom stereocenters. The van der Waals surface area contributed by atoms with E-state index < -0.39 is 0 Å². The minimum absolute atomic E-state index is 0.0207. The van der Waals surface area contributed by atoms with Gasteiger partial charge in [-0.2, -0.15) is 0 Å². The molecule has 0 radical (unpaired) electrons. The van der Waals surface area contributed by atoms with Crippen molar-refractivity contribution in [1.82, 2.24) is 15.2 Å². The number of hydrogen-bond donors (Lipinski definition) is 1. The maximum absolute atomic E-state index is 12.7. The predicted molar refractivity (Wildman–Crippen MR) is 102 cm³/mol. The molecule has 0 aliphatic carbocycles. The van der Waals surface area contributed by atoms with Crippen LogP contribution in [0.15, 0.2) is 60.8 Å². The molecular formula is C20H20ClN3O. The Morgan fingerprint density at radius 2 is 1.84 bits per heavy atom. The molecule has 0 saturated carbocycles. The van der Waals surface area contributed by atoms with E-state index in [1.165, 1.54) is 0 Å². The fourth-order valence-corrected chi connectivity index (χ4v) is 3.15. The standard InChI is InChI=1S/C20H20ClN3O/c1-24(2)18(16-9-5-6-10-17(16)21)13-23-20(25)19-15-8-4-3-7-14(15)11-12-22-19/h3-12,18H,13H2,1-2H3,(H,23,25)/t18-/m1/s1. The van der Waals surface area contributed by atoms with Crippen molar-refractivity contribution in [3.05, 3.63) is 77.1 Å². The fraction of sp³-hybridized carbons (Fsp3) is 0.200. The summed E-state index contributed by atoms with van der Waals surface area (Å²) >= 11 is 6.32. The van der Waals surface area contributed by atoms with Crippen LogP contribution < -0.4 is 5.32 Å². The molecule has 0 spiro atoms. The van der Waals surface area contributed by atoms with E-state index in [4.69, 9.17) is 11.6 Å². The van der Waals surface area contributed by atoms with E-state index in [2.05, 4.69) is 10.3 Å². The third-order valence-corrected chi connectivity index (χ3v) is 4.58. The Bertz CT molecular complexity index is 890. The SMILES string of the molecule is CN(C)[C@H](CNC(=O)c1nccc2ccccc12)c1ccccc1Cl. The Kier molecular flexibility index (Phi) is 5.31. The van der Waals surface area contributed by atoms with Crippen LogP contribution in [0, 0.1) is 0 Å². The van der Waals surface area contributed by atoms with Gasteiger partial charge in [-0.1, -0.05) is 54.1 Å². The smallest absolute Gasteiger partial charge is 0.270 e. The fourth-order valence-electron chi connectivity index (χ4n) is 2.89. The molecule has 2 aromatic carbocycles. The van der Waals surface area contributed by atoms with Gasteiger partial charge in [0.2, 0.25) is 0 Å². The summed E-state index contributed by atoms with van der Waals surface area (Å²) < 4.78 is 0. The predicted octanol–water partition coefficient (Wildman–Crippen LogP) is 3.92. The van der Waals surface area contributed by atoms with Gasteiger partial charge in [0, 0.05) is 23.2 Å². The second kappa shape index (κ2) is 7.64. The van der Waals surface area contributed by atoms with Gasteiger partial charge in [-0.25, -0.2) is 0 Å². The van der Waals surface area contributed by atoms with Crippen molar-refractivity contribution in [2.24, 2.45) is 0 Å². The molecule has 4 nitrogen and oxygen atoms in total. The van der Waals surface area contributed by atoms with Gasteiger partial charge < -0.3 is 10.2 Å². The van der Waals surface area contributed by atoms with Crippen LogP contribution in [0.2, 0.25) is 5.02 Å². The number of carbonyl (C=O) groups excluding carboxylic acids is 1. The van der Waals surface area contributed by atoms with Gasteiger partial charge in [0.25, 0.3) is 5.91 Å². The highest BCUT2D eigenvalue weighted by Gasteiger charge is 2.19. The van der Waals surface area contributed by atoms with E-state index in [-0.39, 0.29) is 11.9 Å². The van der Waals surface area contributed by atoms with Crippen LogP contribution in [0.5, 0.6) is 0 Å². The highest BCUT2D eigenvalue weighted by Crippen LogP contribution is 2.25. The summed E-state index contributed by atoms with van der Waals surface area (Å²) in [6.45, 7) is 0.445. The van der Waals surface area contributed by atoms with Gasteiger partial charge >= 0.3 is 0 Å². The molecule has 0 bridgehead atoms. The molecule has 0 saturated heterocycles. The van der Waals surface area contributed by atoms with Crippen molar-refractivity contribution in [3.63, 3.8) is 0 Å². The molecule has 1 N–H and O–H groups in total. The molecule has 5 heteroatoms. The van der Waals surface area contributed by atoms with E-state index in [1.54, 1.807) is 6.20 Å². The molecule has 1 atom stereocenters. The summed E-state index contributed by atoms with van der Waals surface area (Å²) in [5.74, 6) is -0.185. The normalized spacial score (nSPS) is 12.3. The molecule has 0 aliphatic heterocycles. The molecule has 1 amide bonds. The lowest BCUT2D eigenvalue weighted by atomic mass is 10.1. The molecule has 3 aromatic rings. The van der Waals surface area contributed by atoms with Gasteiger partial charge in [0.1, 0.15) is 5.69 Å². The summed E-state index contributed by atoms with van der Waals surface area (Å²) in [6.07, 6.45) is 1.66. The maximum Gasteiger partial charge on any atom is 0.270 e. The first-order chi connectivity index (χ1) is 12.1. The number of rotatable bonds is 5. The molecule has 1 heterocycles. The molecule has 25 heavy (non-hydrogen) atoms. The molecule has 3 rings (SSSR count). The summed E-state index contributed by atoms with van der Waals surface area (Å²) in [6, 6.07) is 17.3. The zero-order valence-electron chi connectivity index (χ0n) is 14.2. The van der Waals surface area contributed by atoms with Crippen LogP contribution in [0.3, 0.4) is 0 Å². The molecule has 128 valence electrons. The number of likely N-dealkylation sites (N-methyl/N-ethyl adjacent to an activating group) is 1. The third-order valence-electron chi connectivity index (χ3n) is 4.23. The van der Waals surface area contributed by atoms with Gasteiger partial charge in [0.15, 0.2) is 0 Å². The Labute approximate surface area is 152 Å². The minimum atomic E-state index is -0.185. The lowest BCUT2D eigenvalue weighted by Gasteiger charge is -2.26. The number of fused-ring (bicyclic) bond motifs is 1. The summed E-state index contributed by atoms with van der Waals surface area (Å²) in [5, 5.41) is 5.54. The first-order valence-corrected chi connectivity index (χ1v) is 8.48. The number of amides is 1. The van der Waals surface area contributed by atoms with E-state index >= 15 is 0 Å².